The van der Waals surface area contributed by atoms with Crippen LogP contribution in [0.5, 0.6) is 0 Å². The highest BCUT2D eigenvalue weighted by atomic mass is 16.5. The molecule has 0 radical (unpaired) electrons. The van der Waals surface area contributed by atoms with E-state index >= 15 is 0 Å². The fraction of sp³-hybridized carbons (Fsp3) is 0.308. The molecule has 0 aliphatic carbocycles. The quantitative estimate of drug-likeness (QED) is 0.873. The van der Waals surface area contributed by atoms with Gasteiger partial charge in [-0.25, -0.2) is 4.68 Å². The van der Waals surface area contributed by atoms with Crippen LogP contribution in [0, 0.1) is 0 Å². The molecule has 0 aliphatic heterocycles. The summed E-state index contributed by atoms with van der Waals surface area (Å²) >= 11 is 0. The molecule has 0 saturated heterocycles. The summed E-state index contributed by atoms with van der Waals surface area (Å²) in [6.07, 6.45) is 1.67. The molecule has 1 heterocycles. The third kappa shape index (κ3) is 2.38. The molecule has 0 amide bonds. The van der Waals surface area contributed by atoms with E-state index in [0.717, 1.165) is 5.69 Å². The van der Waals surface area contributed by atoms with E-state index in [-0.39, 0.29) is 6.61 Å². The van der Waals surface area contributed by atoms with Gasteiger partial charge < -0.3 is 9.84 Å². The molecule has 1 atom stereocenters. The van der Waals surface area contributed by atoms with Crippen molar-refractivity contribution in [3.8, 4) is 5.69 Å². The molecule has 90 valence electrons. The first-order valence-electron chi connectivity index (χ1n) is 5.46. The van der Waals surface area contributed by atoms with Gasteiger partial charge in [-0.05, 0) is 25.1 Å². The average molecular weight is 232 g/mol. The molecule has 17 heavy (non-hydrogen) atoms. The number of aromatic nitrogens is 2. The predicted molar refractivity (Wildman–Crippen MR) is 65.0 cm³/mol. The van der Waals surface area contributed by atoms with Crippen molar-refractivity contribution >= 4 is 0 Å². The Labute approximate surface area is 100 Å². The van der Waals surface area contributed by atoms with Crippen LogP contribution in [0.1, 0.15) is 12.6 Å². The first-order valence-corrected chi connectivity index (χ1v) is 5.46. The van der Waals surface area contributed by atoms with Gasteiger partial charge in [-0.2, -0.15) is 5.10 Å². The number of hydrogen-bond donors (Lipinski definition) is 1. The second kappa shape index (κ2) is 4.69. The summed E-state index contributed by atoms with van der Waals surface area (Å²) in [6.45, 7) is 1.94. The Morgan fingerprint density at radius 2 is 2.00 bits per heavy atom. The molecule has 0 fully saturated rings. The lowest BCUT2D eigenvalue weighted by atomic mass is 10.0. The Morgan fingerprint density at radius 3 is 2.65 bits per heavy atom. The third-order valence-corrected chi connectivity index (χ3v) is 2.62. The van der Waals surface area contributed by atoms with Crippen molar-refractivity contribution < 1.29 is 9.84 Å². The standard InChI is InChI=1S/C13H16N2O2/c1-13(16,10-17-2)12-8-9-14-15(12)11-6-4-3-5-7-11/h3-9,16H,10H2,1-2H3. The minimum absolute atomic E-state index is 0.228. The van der Waals surface area contributed by atoms with E-state index in [1.54, 1.807) is 31.0 Å². The van der Waals surface area contributed by atoms with Crippen LogP contribution in [0.25, 0.3) is 5.69 Å². The Morgan fingerprint density at radius 1 is 1.29 bits per heavy atom. The van der Waals surface area contributed by atoms with Crippen molar-refractivity contribution in [1.29, 1.82) is 0 Å². The van der Waals surface area contributed by atoms with Crippen molar-refractivity contribution in [2.45, 2.75) is 12.5 Å². The van der Waals surface area contributed by atoms with E-state index in [1.807, 2.05) is 30.3 Å². The van der Waals surface area contributed by atoms with E-state index < -0.39 is 5.60 Å². The molecule has 1 unspecified atom stereocenters. The molecule has 2 aromatic rings. The number of benzene rings is 1. The number of nitrogens with zero attached hydrogens (tertiary/aromatic N) is 2. The van der Waals surface area contributed by atoms with Gasteiger partial charge in [0.2, 0.25) is 0 Å². The van der Waals surface area contributed by atoms with E-state index in [2.05, 4.69) is 5.10 Å². The minimum atomic E-state index is -1.05. The molecule has 0 aliphatic rings. The maximum Gasteiger partial charge on any atom is 0.127 e. The molecule has 4 nitrogen and oxygen atoms in total. The molecule has 1 aromatic carbocycles. The van der Waals surface area contributed by atoms with Gasteiger partial charge in [0, 0.05) is 13.3 Å². The zero-order valence-electron chi connectivity index (χ0n) is 10.00. The van der Waals surface area contributed by atoms with Crippen LogP contribution in [0.2, 0.25) is 0 Å². The van der Waals surface area contributed by atoms with Gasteiger partial charge >= 0.3 is 0 Å². The fourth-order valence-electron chi connectivity index (χ4n) is 1.84. The summed E-state index contributed by atoms with van der Waals surface area (Å²) in [5.74, 6) is 0. The number of hydrogen-bond acceptors (Lipinski definition) is 3. The normalized spacial score (nSPS) is 14.5. The summed E-state index contributed by atoms with van der Waals surface area (Å²) in [5.41, 5.74) is 0.579. The van der Waals surface area contributed by atoms with Gasteiger partial charge in [0.15, 0.2) is 0 Å². The van der Waals surface area contributed by atoms with Crippen LogP contribution >= 0.6 is 0 Å². The highest BCUT2D eigenvalue weighted by Crippen LogP contribution is 2.23. The lowest BCUT2D eigenvalue weighted by Crippen LogP contribution is -2.30. The predicted octanol–water partition coefficient (Wildman–Crippen LogP) is 1.73. The topological polar surface area (TPSA) is 47.3 Å². The Bertz CT molecular complexity index is 477. The summed E-state index contributed by atoms with van der Waals surface area (Å²) in [5, 5.41) is 14.6. The summed E-state index contributed by atoms with van der Waals surface area (Å²) < 4.78 is 6.75. The first kappa shape index (κ1) is 11.8. The van der Waals surface area contributed by atoms with E-state index in [9.17, 15) is 5.11 Å². The molecular weight excluding hydrogens is 216 g/mol. The first-order chi connectivity index (χ1) is 8.15. The van der Waals surface area contributed by atoms with Crippen LogP contribution in [0.15, 0.2) is 42.6 Å². The van der Waals surface area contributed by atoms with Crippen LogP contribution in [0.3, 0.4) is 0 Å². The van der Waals surface area contributed by atoms with Crippen LogP contribution in [-0.4, -0.2) is 28.6 Å². The van der Waals surface area contributed by atoms with E-state index in [4.69, 9.17) is 4.74 Å². The van der Waals surface area contributed by atoms with E-state index in [0.29, 0.717) is 5.69 Å². The maximum absolute atomic E-state index is 10.3. The van der Waals surface area contributed by atoms with Crippen molar-refractivity contribution in [3.63, 3.8) is 0 Å². The molecule has 1 N–H and O–H groups in total. The van der Waals surface area contributed by atoms with E-state index in [1.165, 1.54) is 0 Å². The van der Waals surface area contributed by atoms with Crippen molar-refractivity contribution in [1.82, 2.24) is 9.78 Å². The van der Waals surface area contributed by atoms with Gasteiger partial charge in [0.05, 0.1) is 18.0 Å². The number of methoxy groups -OCH3 is 1. The smallest absolute Gasteiger partial charge is 0.127 e. The van der Waals surface area contributed by atoms with Gasteiger partial charge in [-0.15, -0.1) is 0 Å². The zero-order valence-corrected chi connectivity index (χ0v) is 10.00. The molecule has 1 aromatic heterocycles. The Kier molecular flexibility index (Phi) is 3.26. The summed E-state index contributed by atoms with van der Waals surface area (Å²) in [4.78, 5) is 0. The maximum atomic E-state index is 10.3. The van der Waals surface area contributed by atoms with Crippen molar-refractivity contribution in [3.05, 3.63) is 48.3 Å². The highest BCUT2D eigenvalue weighted by molar-refractivity contribution is 5.33. The number of rotatable bonds is 4. The monoisotopic (exact) mass is 232 g/mol. The molecular formula is C13H16N2O2. The Balaban J connectivity index is 2.42. The highest BCUT2D eigenvalue weighted by Gasteiger charge is 2.27. The third-order valence-electron chi connectivity index (χ3n) is 2.62. The molecule has 0 spiro atoms. The van der Waals surface area contributed by atoms with Crippen LogP contribution in [-0.2, 0) is 10.3 Å². The molecule has 0 saturated carbocycles. The van der Waals surface area contributed by atoms with Crippen molar-refractivity contribution in [2.24, 2.45) is 0 Å². The largest absolute Gasteiger partial charge is 0.381 e. The van der Waals surface area contributed by atoms with Crippen LogP contribution < -0.4 is 0 Å². The lowest BCUT2D eigenvalue weighted by molar-refractivity contribution is -0.0256. The fourth-order valence-corrected chi connectivity index (χ4v) is 1.84. The van der Waals surface area contributed by atoms with Crippen LogP contribution in [0.4, 0.5) is 0 Å². The van der Waals surface area contributed by atoms with Gasteiger partial charge in [-0.1, -0.05) is 18.2 Å². The second-order valence-electron chi connectivity index (χ2n) is 4.17. The summed E-state index contributed by atoms with van der Waals surface area (Å²) in [7, 11) is 1.57. The molecule has 0 bridgehead atoms. The van der Waals surface area contributed by atoms with Gasteiger partial charge in [0.25, 0.3) is 0 Å². The number of ether oxygens (including phenoxy) is 1. The SMILES string of the molecule is COCC(C)(O)c1ccnn1-c1ccccc1. The van der Waals surface area contributed by atoms with Gasteiger partial charge in [0.1, 0.15) is 5.60 Å². The lowest BCUT2D eigenvalue weighted by Gasteiger charge is -2.23. The number of para-hydroxylation sites is 1. The summed E-state index contributed by atoms with van der Waals surface area (Å²) in [6, 6.07) is 11.5. The molecule has 2 rings (SSSR count). The second-order valence-corrected chi connectivity index (χ2v) is 4.17. The van der Waals surface area contributed by atoms with Crippen molar-refractivity contribution in [2.75, 3.05) is 13.7 Å². The number of aliphatic hydroxyl groups is 1. The Hall–Kier alpha value is -1.65. The zero-order chi connectivity index (χ0) is 12.3. The minimum Gasteiger partial charge on any atom is -0.381 e. The van der Waals surface area contributed by atoms with Gasteiger partial charge in [-0.3, -0.25) is 0 Å². The molecule has 4 heteroatoms. The average Bonchev–Trinajstić information content (AvgIpc) is 2.79.